The van der Waals surface area contributed by atoms with Gasteiger partial charge in [-0.25, -0.2) is 4.79 Å². The third-order valence-electron chi connectivity index (χ3n) is 3.90. The Kier molecular flexibility index (Phi) is 5.40. The van der Waals surface area contributed by atoms with E-state index in [1.165, 1.54) is 0 Å². The molecule has 1 unspecified atom stereocenters. The summed E-state index contributed by atoms with van der Waals surface area (Å²) in [5, 5.41) is 1.68. The number of benzene rings is 2. The maximum atomic E-state index is 12.2. The van der Waals surface area contributed by atoms with Crippen LogP contribution < -0.4 is 0 Å². The van der Waals surface area contributed by atoms with Crippen molar-refractivity contribution in [2.75, 3.05) is 6.54 Å². The van der Waals surface area contributed by atoms with E-state index in [2.05, 4.69) is 0 Å². The molecule has 0 amide bonds. The average Bonchev–Trinajstić information content (AvgIpc) is 2.62. The molecule has 2 aromatic carbocycles. The lowest BCUT2D eigenvalue weighted by atomic mass is 10.1. The van der Waals surface area contributed by atoms with E-state index in [9.17, 15) is 4.79 Å². The van der Waals surface area contributed by atoms with Crippen LogP contribution in [0.4, 0.5) is 0 Å². The van der Waals surface area contributed by atoms with Crippen molar-refractivity contribution in [3.05, 3.63) is 71.8 Å². The number of hydrogen-bond acceptors (Lipinski definition) is 4. The molecule has 0 aromatic heterocycles. The topological polar surface area (TPSA) is 38.8 Å². The monoisotopic (exact) mass is 311 g/mol. The Morgan fingerprint density at radius 1 is 1.00 bits per heavy atom. The van der Waals surface area contributed by atoms with E-state index in [4.69, 9.17) is 9.57 Å². The van der Waals surface area contributed by atoms with Crippen molar-refractivity contribution in [2.24, 2.45) is 0 Å². The van der Waals surface area contributed by atoms with Gasteiger partial charge in [-0.15, -0.1) is 5.06 Å². The molecule has 0 aliphatic carbocycles. The molecule has 1 aliphatic rings. The second-order valence-electron chi connectivity index (χ2n) is 5.63. The lowest BCUT2D eigenvalue weighted by Crippen LogP contribution is -2.42. The molecule has 23 heavy (non-hydrogen) atoms. The Morgan fingerprint density at radius 2 is 1.70 bits per heavy atom. The van der Waals surface area contributed by atoms with Gasteiger partial charge in [0.1, 0.15) is 6.23 Å². The molecule has 4 nitrogen and oxygen atoms in total. The van der Waals surface area contributed by atoms with E-state index >= 15 is 0 Å². The third-order valence-corrected chi connectivity index (χ3v) is 3.90. The Labute approximate surface area is 136 Å². The highest BCUT2D eigenvalue weighted by molar-refractivity contribution is 5.89. The molecule has 0 spiro atoms. The van der Waals surface area contributed by atoms with E-state index in [0.717, 1.165) is 24.8 Å². The van der Waals surface area contributed by atoms with Crippen LogP contribution >= 0.6 is 0 Å². The Morgan fingerprint density at radius 3 is 2.43 bits per heavy atom. The molecule has 4 heteroatoms. The minimum absolute atomic E-state index is 0.184. The fraction of sp³-hybridized carbons (Fsp3) is 0.316. The normalized spacial score (nSPS) is 18.5. The lowest BCUT2D eigenvalue weighted by molar-refractivity contribution is -0.233. The quantitative estimate of drug-likeness (QED) is 0.842. The molecular formula is C19H21NO3. The van der Waals surface area contributed by atoms with Crippen molar-refractivity contribution in [3.63, 3.8) is 0 Å². The summed E-state index contributed by atoms with van der Waals surface area (Å²) >= 11 is 0. The number of carbonyl (C=O) groups is 1. The highest BCUT2D eigenvalue weighted by Gasteiger charge is 2.27. The standard InChI is InChI=1S/C19H21NO3/c21-19(17-11-5-2-6-12-17)23-20-14-8-7-13-18(20)22-15-16-9-3-1-4-10-16/h1-6,9-12,18H,7-8,13-15H2. The van der Waals surface area contributed by atoms with Crippen LogP contribution in [0.3, 0.4) is 0 Å². The Balaban J connectivity index is 1.59. The first-order valence-electron chi connectivity index (χ1n) is 8.02. The molecule has 3 rings (SSSR count). The van der Waals surface area contributed by atoms with Crippen LogP contribution in [0.1, 0.15) is 35.2 Å². The van der Waals surface area contributed by atoms with Gasteiger partial charge < -0.3 is 9.57 Å². The minimum Gasteiger partial charge on any atom is -0.361 e. The SMILES string of the molecule is O=C(ON1CCCCC1OCc1ccccc1)c1ccccc1. The van der Waals surface area contributed by atoms with Gasteiger partial charge in [-0.2, -0.15) is 0 Å². The summed E-state index contributed by atoms with van der Waals surface area (Å²) in [6.45, 7) is 1.23. The van der Waals surface area contributed by atoms with Crippen molar-refractivity contribution >= 4 is 5.97 Å². The molecule has 1 heterocycles. The van der Waals surface area contributed by atoms with Gasteiger partial charge in [-0.3, -0.25) is 0 Å². The van der Waals surface area contributed by atoms with Crippen LogP contribution in [0, 0.1) is 0 Å². The largest absolute Gasteiger partial charge is 0.361 e. The molecule has 1 saturated heterocycles. The van der Waals surface area contributed by atoms with Gasteiger partial charge in [0.25, 0.3) is 0 Å². The summed E-state index contributed by atoms with van der Waals surface area (Å²) in [4.78, 5) is 17.8. The molecule has 0 bridgehead atoms. The van der Waals surface area contributed by atoms with E-state index < -0.39 is 0 Å². The molecular weight excluding hydrogens is 290 g/mol. The third kappa shape index (κ3) is 4.41. The van der Waals surface area contributed by atoms with E-state index in [0.29, 0.717) is 18.7 Å². The van der Waals surface area contributed by atoms with Gasteiger partial charge in [0.05, 0.1) is 12.2 Å². The number of hydroxylamine groups is 2. The molecule has 1 aliphatic heterocycles. The summed E-state index contributed by atoms with van der Waals surface area (Å²) in [6.07, 6.45) is 2.78. The zero-order chi connectivity index (χ0) is 15.9. The summed E-state index contributed by atoms with van der Waals surface area (Å²) in [5.74, 6) is -0.333. The molecule has 0 radical (unpaired) electrons. The van der Waals surface area contributed by atoms with Crippen LogP contribution in [0.25, 0.3) is 0 Å². The first-order chi connectivity index (χ1) is 11.3. The number of carbonyl (C=O) groups excluding carboxylic acids is 1. The van der Waals surface area contributed by atoms with Crippen molar-refractivity contribution in [1.29, 1.82) is 0 Å². The first kappa shape index (κ1) is 15.7. The van der Waals surface area contributed by atoms with Crippen molar-refractivity contribution in [2.45, 2.75) is 32.1 Å². The van der Waals surface area contributed by atoms with Crippen LogP contribution in [0.2, 0.25) is 0 Å². The van der Waals surface area contributed by atoms with Gasteiger partial charge in [-0.1, -0.05) is 48.5 Å². The molecule has 0 saturated carbocycles. The number of ether oxygens (including phenoxy) is 1. The molecule has 0 N–H and O–H groups in total. The summed E-state index contributed by atoms with van der Waals surface area (Å²) in [5.41, 5.74) is 1.67. The van der Waals surface area contributed by atoms with Gasteiger partial charge in [-0.05, 0) is 37.0 Å². The van der Waals surface area contributed by atoms with Gasteiger partial charge in [0, 0.05) is 6.54 Å². The van der Waals surface area contributed by atoms with Crippen LogP contribution in [0.15, 0.2) is 60.7 Å². The maximum Gasteiger partial charge on any atom is 0.357 e. The highest BCUT2D eigenvalue weighted by atomic mass is 16.7. The number of hydrogen-bond donors (Lipinski definition) is 0. The fourth-order valence-corrected chi connectivity index (χ4v) is 2.65. The summed E-state index contributed by atoms with van der Waals surface area (Å²) in [6, 6.07) is 19.1. The molecule has 120 valence electrons. The predicted octanol–water partition coefficient (Wildman–Crippen LogP) is 3.79. The maximum absolute atomic E-state index is 12.2. The smallest absolute Gasteiger partial charge is 0.357 e. The van der Waals surface area contributed by atoms with Gasteiger partial charge in [0.2, 0.25) is 0 Å². The summed E-state index contributed by atoms with van der Waals surface area (Å²) in [7, 11) is 0. The van der Waals surface area contributed by atoms with Crippen LogP contribution in [-0.4, -0.2) is 23.8 Å². The van der Waals surface area contributed by atoms with Crippen molar-refractivity contribution < 1.29 is 14.4 Å². The van der Waals surface area contributed by atoms with Crippen molar-refractivity contribution in [1.82, 2.24) is 5.06 Å². The molecule has 1 fully saturated rings. The van der Waals surface area contributed by atoms with E-state index in [1.54, 1.807) is 17.2 Å². The number of piperidine rings is 1. The zero-order valence-electron chi connectivity index (χ0n) is 13.1. The van der Waals surface area contributed by atoms with Crippen molar-refractivity contribution in [3.8, 4) is 0 Å². The van der Waals surface area contributed by atoms with E-state index in [1.807, 2.05) is 48.5 Å². The first-order valence-corrected chi connectivity index (χ1v) is 8.02. The second-order valence-corrected chi connectivity index (χ2v) is 5.63. The van der Waals surface area contributed by atoms with Gasteiger partial charge >= 0.3 is 5.97 Å². The molecule has 2 aromatic rings. The van der Waals surface area contributed by atoms with Crippen LogP contribution in [-0.2, 0) is 16.2 Å². The Hall–Kier alpha value is -2.17. The predicted molar refractivity (Wildman–Crippen MR) is 87.4 cm³/mol. The highest BCUT2D eigenvalue weighted by Crippen LogP contribution is 2.20. The van der Waals surface area contributed by atoms with E-state index in [-0.39, 0.29) is 12.2 Å². The van der Waals surface area contributed by atoms with Gasteiger partial charge in [0.15, 0.2) is 0 Å². The molecule has 1 atom stereocenters. The lowest BCUT2D eigenvalue weighted by Gasteiger charge is -2.33. The number of nitrogens with zero attached hydrogens (tertiary/aromatic N) is 1. The minimum atomic E-state index is -0.333. The van der Waals surface area contributed by atoms with Crippen LogP contribution in [0.5, 0.6) is 0 Å². The zero-order valence-corrected chi connectivity index (χ0v) is 13.1. The Bertz CT molecular complexity index is 615. The second kappa shape index (κ2) is 7.90. The number of rotatable bonds is 5. The summed E-state index contributed by atoms with van der Waals surface area (Å²) < 4.78 is 5.97. The average molecular weight is 311 g/mol. The fourth-order valence-electron chi connectivity index (χ4n) is 2.65.